The summed E-state index contributed by atoms with van der Waals surface area (Å²) in [6.07, 6.45) is 1.80. The fourth-order valence-corrected chi connectivity index (χ4v) is 5.12. The van der Waals surface area contributed by atoms with E-state index in [-0.39, 0.29) is 18.4 Å². The Bertz CT molecular complexity index is 619. The first-order valence-electron chi connectivity index (χ1n) is 7.23. The van der Waals surface area contributed by atoms with Crippen molar-refractivity contribution >= 4 is 22.4 Å². The molecule has 0 radical (unpaired) electrons. The number of methoxy groups -OCH3 is 1. The molecule has 0 saturated carbocycles. The van der Waals surface area contributed by atoms with Crippen molar-refractivity contribution in [3.05, 3.63) is 23.3 Å². The van der Waals surface area contributed by atoms with Gasteiger partial charge in [0.25, 0.3) is 0 Å². The zero-order valence-electron chi connectivity index (χ0n) is 13.5. The van der Waals surface area contributed by atoms with Crippen LogP contribution in [0.4, 0.5) is 0 Å². The molecule has 1 aromatic rings. The van der Waals surface area contributed by atoms with E-state index in [1.807, 2.05) is 27.0 Å². The molecular weight excluding hydrogens is 324 g/mol. The van der Waals surface area contributed by atoms with E-state index in [1.54, 1.807) is 10.4 Å². The molecule has 1 heterocycles. The Hall–Kier alpha value is -0.820. The summed E-state index contributed by atoms with van der Waals surface area (Å²) in [5.41, 5.74) is 1.73. The van der Waals surface area contributed by atoms with Crippen LogP contribution in [0, 0.1) is 13.8 Å². The lowest BCUT2D eigenvalue weighted by molar-refractivity contribution is 0.369. The predicted molar refractivity (Wildman–Crippen MR) is 90.6 cm³/mol. The van der Waals surface area contributed by atoms with Crippen LogP contribution in [0.3, 0.4) is 0 Å². The van der Waals surface area contributed by atoms with E-state index >= 15 is 0 Å². The van der Waals surface area contributed by atoms with E-state index in [0.29, 0.717) is 23.7 Å². The van der Waals surface area contributed by atoms with E-state index < -0.39 is 10.0 Å². The molecule has 0 aromatic heterocycles. The Balaban J connectivity index is 0.00000242. The standard InChI is InChI=1S/C15H24N2O3S.ClH/c1-11-8-12(2)15(14(9-11)20-4)21(18,19)17-7-5-6-13(17)10-16-3;/h8-9,13,16H,5-7,10H2,1-4H3;1H. The maximum Gasteiger partial charge on any atom is 0.247 e. The number of nitrogens with zero attached hydrogens (tertiary/aromatic N) is 1. The fourth-order valence-electron chi connectivity index (χ4n) is 3.08. The summed E-state index contributed by atoms with van der Waals surface area (Å²) in [7, 11) is -0.168. The van der Waals surface area contributed by atoms with Crippen LogP contribution >= 0.6 is 12.4 Å². The highest BCUT2D eigenvalue weighted by atomic mass is 35.5. The summed E-state index contributed by atoms with van der Waals surface area (Å²) in [5, 5.41) is 3.08. The van der Waals surface area contributed by atoms with Crippen LogP contribution in [0.1, 0.15) is 24.0 Å². The quantitative estimate of drug-likeness (QED) is 0.885. The highest BCUT2D eigenvalue weighted by molar-refractivity contribution is 7.89. The van der Waals surface area contributed by atoms with Gasteiger partial charge in [0.15, 0.2) is 0 Å². The number of rotatable bonds is 5. The largest absolute Gasteiger partial charge is 0.495 e. The first kappa shape index (κ1) is 19.2. The van der Waals surface area contributed by atoms with Crippen LogP contribution in [0.15, 0.2) is 17.0 Å². The van der Waals surface area contributed by atoms with E-state index in [2.05, 4.69) is 5.32 Å². The number of likely N-dealkylation sites (N-methyl/N-ethyl adjacent to an activating group) is 1. The van der Waals surface area contributed by atoms with Gasteiger partial charge >= 0.3 is 0 Å². The Morgan fingerprint density at radius 3 is 2.64 bits per heavy atom. The topological polar surface area (TPSA) is 58.6 Å². The molecule has 0 spiro atoms. The molecule has 7 heteroatoms. The summed E-state index contributed by atoms with van der Waals surface area (Å²) in [6, 6.07) is 3.69. The van der Waals surface area contributed by atoms with Crippen molar-refractivity contribution in [2.24, 2.45) is 0 Å². The van der Waals surface area contributed by atoms with Gasteiger partial charge in [-0.3, -0.25) is 0 Å². The number of hydrogen-bond donors (Lipinski definition) is 1. The second-order valence-electron chi connectivity index (χ2n) is 5.58. The number of ether oxygens (including phenoxy) is 1. The first-order valence-corrected chi connectivity index (χ1v) is 8.67. The van der Waals surface area contributed by atoms with Gasteiger partial charge in [0, 0.05) is 19.1 Å². The molecule has 1 aliphatic heterocycles. The Morgan fingerprint density at radius 1 is 1.36 bits per heavy atom. The van der Waals surface area contributed by atoms with Gasteiger partial charge in [-0.05, 0) is 50.9 Å². The van der Waals surface area contributed by atoms with E-state index in [9.17, 15) is 8.42 Å². The average Bonchev–Trinajstić information content (AvgIpc) is 2.86. The van der Waals surface area contributed by atoms with Gasteiger partial charge < -0.3 is 10.1 Å². The maximum atomic E-state index is 13.0. The molecule has 1 atom stereocenters. The molecule has 126 valence electrons. The summed E-state index contributed by atoms with van der Waals surface area (Å²) in [4.78, 5) is 0.304. The van der Waals surface area contributed by atoms with E-state index in [1.165, 1.54) is 7.11 Å². The SMILES string of the molecule is CNCC1CCCN1S(=O)(=O)c1c(C)cc(C)cc1OC.Cl. The number of sulfonamides is 1. The van der Waals surface area contributed by atoms with Crippen LogP contribution in [0.25, 0.3) is 0 Å². The van der Waals surface area contributed by atoms with Gasteiger partial charge in [0.1, 0.15) is 10.6 Å². The highest BCUT2D eigenvalue weighted by Crippen LogP contribution is 2.34. The van der Waals surface area contributed by atoms with E-state index in [0.717, 1.165) is 24.0 Å². The van der Waals surface area contributed by atoms with Crippen molar-refractivity contribution in [3.63, 3.8) is 0 Å². The number of aryl methyl sites for hydroxylation is 2. The second kappa shape index (κ2) is 7.64. The highest BCUT2D eigenvalue weighted by Gasteiger charge is 2.37. The number of nitrogens with one attached hydrogen (secondary N) is 1. The zero-order chi connectivity index (χ0) is 15.6. The van der Waals surface area contributed by atoms with Crippen molar-refractivity contribution in [1.29, 1.82) is 0 Å². The maximum absolute atomic E-state index is 13.0. The Labute approximate surface area is 139 Å². The minimum absolute atomic E-state index is 0. The molecule has 1 aromatic carbocycles. The fraction of sp³-hybridized carbons (Fsp3) is 0.600. The third-order valence-electron chi connectivity index (χ3n) is 3.93. The van der Waals surface area contributed by atoms with Gasteiger partial charge in [-0.2, -0.15) is 4.31 Å². The van der Waals surface area contributed by atoms with Gasteiger partial charge in [-0.1, -0.05) is 6.07 Å². The average molecular weight is 349 g/mol. The summed E-state index contributed by atoms with van der Waals surface area (Å²) < 4.78 is 33.0. The van der Waals surface area contributed by atoms with E-state index in [4.69, 9.17) is 4.74 Å². The monoisotopic (exact) mass is 348 g/mol. The lowest BCUT2D eigenvalue weighted by Gasteiger charge is -2.25. The molecule has 1 aliphatic rings. The van der Waals surface area contributed by atoms with Gasteiger partial charge in [0.2, 0.25) is 10.0 Å². The number of hydrogen-bond acceptors (Lipinski definition) is 4. The molecule has 0 bridgehead atoms. The van der Waals surface area contributed by atoms with Crippen molar-refractivity contribution in [2.45, 2.75) is 37.6 Å². The van der Waals surface area contributed by atoms with Crippen molar-refractivity contribution in [3.8, 4) is 5.75 Å². The van der Waals surface area contributed by atoms with Crippen LogP contribution in [-0.4, -0.2) is 46.0 Å². The van der Waals surface area contributed by atoms with Crippen LogP contribution in [-0.2, 0) is 10.0 Å². The summed E-state index contributed by atoms with van der Waals surface area (Å²) in [5.74, 6) is 0.433. The van der Waals surface area contributed by atoms with Gasteiger partial charge in [-0.15, -0.1) is 12.4 Å². The smallest absolute Gasteiger partial charge is 0.247 e. The molecule has 2 rings (SSSR count). The van der Waals surface area contributed by atoms with Gasteiger partial charge in [-0.25, -0.2) is 8.42 Å². The zero-order valence-corrected chi connectivity index (χ0v) is 15.2. The third-order valence-corrected chi connectivity index (χ3v) is 6.07. The molecule has 1 fully saturated rings. The predicted octanol–water partition coefficient (Wildman–Crippen LogP) is 2.11. The molecular formula is C15H25ClN2O3S. The third kappa shape index (κ3) is 3.56. The molecule has 0 aliphatic carbocycles. The molecule has 1 N–H and O–H groups in total. The number of halogens is 1. The molecule has 1 unspecified atom stereocenters. The summed E-state index contributed by atoms with van der Waals surface area (Å²) >= 11 is 0. The van der Waals surface area contributed by atoms with Crippen molar-refractivity contribution in [1.82, 2.24) is 9.62 Å². The Kier molecular flexibility index (Phi) is 6.67. The lowest BCUT2D eigenvalue weighted by atomic mass is 10.1. The van der Waals surface area contributed by atoms with Crippen LogP contribution < -0.4 is 10.1 Å². The number of benzene rings is 1. The molecule has 1 saturated heterocycles. The second-order valence-corrected chi connectivity index (χ2v) is 7.41. The minimum atomic E-state index is -3.53. The van der Waals surface area contributed by atoms with Crippen molar-refractivity contribution < 1.29 is 13.2 Å². The first-order chi connectivity index (χ1) is 9.91. The normalized spacial score (nSPS) is 19.0. The molecule has 0 amide bonds. The van der Waals surface area contributed by atoms with Gasteiger partial charge in [0.05, 0.1) is 7.11 Å². The summed E-state index contributed by atoms with van der Waals surface area (Å²) in [6.45, 7) is 5.01. The molecule has 22 heavy (non-hydrogen) atoms. The Morgan fingerprint density at radius 2 is 2.05 bits per heavy atom. The van der Waals surface area contributed by atoms with Crippen LogP contribution in [0.5, 0.6) is 5.75 Å². The molecule has 5 nitrogen and oxygen atoms in total. The van der Waals surface area contributed by atoms with Crippen molar-refractivity contribution in [2.75, 3.05) is 27.2 Å². The lowest BCUT2D eigenvalue weighted by Crippen LogP contribution is -2.41. The minimum Gasteiger partial charge on any atom is -0.495 e. The van der Waals surface area contributed by atoms with Crippen LogP contribution in [0.2, 0.25) is 0 Å².